The number of benzene rings is 1. The number of hydrogen-bond donors (Lipinski definition) is 0. The Kier molecular flexibility index (Phi) is 5.44. The van der Waals surface area contributed by atoms with Gasteiger partial charge in [-0.25, -0.2) is 8.78 Å². The van der Waals surface area contributed by atoms with Gasteiger partial charge in [0.05, 0.1) is 0 Å². The summed E-state index contributed by atoms with van der Waals surface area (Å²) >= 11 is 0. The van der Waals surface area contributed by atoms with Crippen molar-refractivity contribution in [3.63, 3.8) is 0 Å². The number of carbonyl (C=O) groups excluding carboxylic acids is 2. The minimum Gasteiger partial charge on any atom is -0.341 e. The average molecular weight is 361 g/mol. The zero-order valence-electron chi connectivity index (χ0n) is 14.6. The number of piperidine rings is 1. The topological polar surface area (TPSA) is 55.2 Å². The summed E-state index contributed by atoms with van der Waals surface area (Å²) in [6.07, 6.45) is 5.07. The van der Waals surface area contributed by atoms with Crippen molar-refractivity contribution in [2.75, 3.05) is 13.1 Å². The molecule has 1 fully saturated rings. The second-order valence-corrected chi connectivity index (χ2v) is 6.50. The van der Waals surface area contributed by atoms with E-state index in [4.69, 9.17) is 0 Å². The van der Waals surface area contributed by atoms with Gasteiger partial charge in [-0.05, 0) is 43.5 Å². The van der Waals surface area contributed by atoms with Crippen molar-refractivity contribution < 1.29 is 18.4 Å². The molecule has 7 heteroatoms. The van der Waals surface area contributed by atoms with E-state index in [2.05, 4.69) is 5.10 Å². The van der Waals surface area contributed by atoms with Gasteiger partial charge in [-0.3, -0.25) is 14.3 Å². The van der Waals surface area contributed by atoms with Crippen LogP contribution >= 0.6 is 0 Å². The Morgan fingerprint density at radius 1 is 1.23 bits per heavy atom. The van der Waals surface area contributed by atoms with Crippen molar-refractivity contribution in [2.45, 2.75) is 32.2 Å². The van der Waals surface area contributed by atoms with Gasteiger partial charge in [0.1, 0.15) is 6.04 Å². The molecule has 1 amide bonds. The van der Waals surface area contributed by atoms with Crippen LogP contribution in [-0.4, -0.2) is 39.5 Å². The summed E-state index contributed by atoms with van der Waals surface area (Å²) in [6, 6.07) is 4.66. The molecule has 2 aromatic rings. The molecule has 1 aromatic heterocycles. The molecular formula is C19H21F2N3O2. The van der Waals surface area contributed by atoms with Crippen molar-refractivity contribution in [2.24, 2.45) is 5.92 Å². The van der Waals surface area contributed by atoms with Gasteiger partial charge < -0.3 is 4.90 Å². The van der Waals surface area contributed by atoms with Crippen molar-refractivity contribution in [3.8, 4) is 0 Å². The minimum atomic E-state index is -1.02. The summed E-state index contributed by atoms with van der Waals surface area (Å²) in [5, 5.41) is 4.15. The number of rotatable bonds is 5. The highest BCUT2D eigenvalue weighted by molar-refractivity contribution is 5.98. The van der Waals surface area contributed by atoms with Crippen molar-refractivity contribution in [1.29, 1.82) is 0 Å². The van der Waals surface area contributed by atoms with Crippen LogP contribution < -0.4 is 0 Å². The first-order chi connectivity index (χ1) is 12.5. The monoisotopic (exact) mass is 361 g/mol. The molecule has 0 bridgehead atoms. The van der Waals surface area contributed by atoms with Crippen LogP contribution in [0.3, 0.4) is 0 Å². The summed E-state index contributed by atoms with van der Waals surface area (Å²) in [4.78, 5) is 27.0. The van der Waals surface area contributed by atoms with Crippen molar-refractivity contribution in [1.82, 2.24) is 14.7 Å². The highest BCUT2D eigenvalue weighted by atomic mass is 19.2. The lowest BCUT2D eigenvalue weighted by Crippen LogP contribution is -2.43. The number of likely N-dealkylation sites (tertiary alicyclic amines) is 1. The molecule has 3 rings (SSSR count). The summed E-state index contributed by atoms with van der Waals surface area (Å²) in [6.45, 7) is 2.87. The Morgan fingerprint density at radius 3 is 2.54 bits per heavy atom. The minimum absolute atomic E-state index is 0.00470. The molecule has 0 saturated carbocycles. The number of amides is 1. The van der Waals surface area contributed by atoms with Crippen LogP contribution in [0.4, 0.5) is 8.78 Å². The molecule has 1 unspecified atom stereocenters. The van der Waals surface area contributed by atoms with Gasteiger partial charge in [0.2, 0.25) is 5.91 Å². The fourth-order valence-corrected chi connectivity index (χ4v) is 3.40. The number of halogens is 2. The molecule has 0 aliphatic carbocycles. The smallest absolute Gasteiger partial charge is 0.247 e. The standard InChI is InChI=1S/C19H21F2N3O2/c1-2-17(24-9-3-8-22-24)19(26)23-10-6-13(7-11-23)18(25)14-4-5-15(20)16(21)12-14/h3-5,8-9,12-13,17H,2,6-7,10-11H2,1H3. The maximum absolute atomic E-state index is 13.3. The third-order valence-corrected chi connectivity index (χ3v) is 4.90. The van der Waals surface area contributed by atoms with E-state index in [1.54, 1.807) is 28.0 Å². The van der Waals surface area contributed by atoms with Gasteiger partial charge in [0, 0.05) is 37.0 Å². The molecule has 0 radical (unpaired) electrons. The van der Waals surface area contributed by atoms with E-state index in [0.29, 0.717) is 32.4 Å². The lowest BCUT2D eigenvalue weighted by molar-refractivity contribution is -0.136. The largest absolute Gasteiger partial charge is 0.341 e. The van der Waals surface area contributed by atoms with Crippen LogP contribution in [0.25, 0.3) is 0 Å². The number of ketones is 1. The number of hydrogen-bond acceptors (Lipinski definition) is 3. The average Bonchev–Trinajstić information content (AvgIpc) is 3.18. The first kappa shape index (κ1) is 18.2. The Labute approximate surface area is 150 Å². The van der Waals surface area contributed by atoms with Crippen LogP contribution in [0, 0.1) is 17.6 Å². The van der Waals surface area contributed by atoms with Crippen LogP contribution in [0.2, 0.25) is 0 Å². The lowest BCUT2D eigenvalue weighted by Gasteiger charge is -2.33. The van der Waals surface area contributed by atoms with Gasteiger partial charge >= 0.3 is 0 Å². The zero-order valence-corrected chi connectivity index (χ0v) is 14.6. The second kappa shape index (κ2) is 7.76. The summed E-state index contributed by atoms with van der Waals surface area (Å²) in [7, 11) is 0. The number of aromatic nitrogens is 2. The van der Waals surface area contributed by atoms with Gasteiger partial charge in [0.15, 0.2) is 17.4 Å². The molecule has 26 heavy (non-hydrogen) atoms. The second-order valence-electron chi connectivity index (χ2n) is 6.50. The van der Waals surface area contributed by atoms with Gasteiger partial charge in [-0.2, -0.15) is 5.10 Å². The van der Waals surface area contributed by atoms with Crippen LogP contribution in [0.1, 0.15) is 42.6 Å². The zero-order chi connectivity index (χ0) is 18.7. The number of carbonyl (C=O) groups is 2. The van der Waals surface area contributed by atoms with Gasteiger partial charge in [0.25, 0.3) is 0 Å². The van der Waals surface area contributed by atoms with E-state index in [9.17, 15) is 18.4 Å². The van der Waals surface area contributed by atoms with Crippen molar-refractivity contribution in [3.05, 3.63) is 53.9 Å². The maximum atomic E-state index is 13.3. The van der Waals surface area contributed by atoms with Crippen LogP contribution in [0.15, 0.2) is 36.7 Å². The number of nitrogens with zero attached hydrogens (tertiary/aromatic N) is 3. The van der Waals surface area contributed by atoms with E-state index < -0.39 is 11.6 Å². The normalized spacial score (nSPS) is 16.5. The first-order valence-corrected chi connectivity index (χ1v) is 8.78. The molecule has 1 aliphatic heterocycles. The Balaban J connectivity index is 1.62. The van der Waals surface area contributed by atoms with E-state index in [0.717, 1.165) is 12.1 Å². The predicted octanol–water partition coefficient (Wildman–Crippen LogP) is 3.23. The maximum Gasteiger partial charge on any atom is 0.247 e. The molecule has 0 spiro atoms. The summed E-state index contributed by atoms with van der Waals surface area (Å²) < 4.78 is 28.0. The lowest BCUT2D eigenvalue weighted by atomic mass is 9.88. The highest BCUT2D eigenvalue weighted by Gasteiger charge is 2.31. The van der Waals surface area contributed by atoms with E-state index in [-0.39, 0.29) is 29.2 Å². The number of Topliss-reactive ketones (excluding diaryl/α,β-unsaturated/α-hetero) is 1. The van der Waals surface area contributed by atoms with E-state index in [1.807, 2.05) is 6.92 Å². The van der Waals surface area contributed by atoms with Crippen LogP contribution in [-0.2, 0) is 4.79 Å². The predicted molar refractivity (Wildman–Crippen MR) is 91.5 cm³/mol. The third-order valence-electron chi connectivity index (χ3n) is 4.90. The Bertz CT molecular complexity index is 784. The highest BCUT2D eigenvalue weighted by Crippen LogP contribution is 2.25. The van der Waals surface area contributed by atoms with Crippen LogP contribution in [0.5, 0.6) is 0 Å². The van der Waals surface area contributed by atoms with Crippen molar-refractivity contribution >= 4 is 11.7 Å². The fourth-order valence-electron chi connectivity index (χ4n) is 3.40. The molecule has 1 atom stereocenters. The molecule has 5 nitrogen and oxygen atoms in total. The van der Waals surface area contributed by atoms with Gasteiger partial charge in [-0.1, -0.05) is 6.92 Å². The molecule has 1 aromatic carbocycles. The summed E-state index contributed by atoms with van der Waals surface area (Å²) in [5.41, 5.74) is 0.177. The van der Waals surface area contributed by atoms with E-state index in [1.165, 1.54) is 6.07 Å². The summed E-state index contributed by atoms with van der Waals surface area (Å²) in [5.74, 6) is -2.47. The Hall–Kier alpha value is -2.57. The SMILES string of the molecule is CCC(C(=O)N1CCC(C(=O)c2ccc(F)c(F)c2)CC1)n1cccn1. The molecule has 138 valence electrons. The Morgan fingerprint density at radius 2 is 1.96 bits per heavy atom. The fraction of sp³-hybridized carbons (Fsp3) is 0.421. The van der Waals surface area contributed by atoms with Gasteiger partial charge in [-0.15, -0.1) is 0 Å². The van der Waals surface area contributed by atoms with E-state index >= 15 is 0 Å². The molecule has 1 aliphatic rings. The molecule has 0 N–H and O–H groups in total. The third kappa shape index (κ3) is 3.66. The quantitative estimate of drug-likeness (QED) is 0.769. The molecular weight excluding hydrogens is 340 g/mol. The molecule has 1 saturated heterocycles. The first-order valence-electron chi connectivity index (χ1n) is 8.78. The molecule has 2 heterocycles.